The summed E-state index contributed by atoms with van der Waals surface area (Å²) in [4.78, 5) is 44.2. The molecule has 9 nitrogen and oxygen atoms in total. The Morgan fingerprint density at radius 1 is 1.05 bits per heavy atom. The van der Waals surface area contributed by atoms with Crippen molar-refractivity contribution in [3.8, 4) is 16.9 Å². The molecule has 0 unspecified atom stereocenters. The van der Waals surface area contributed by atoms with Crippen molar-refractivity contribution in [3.05, 3.63) is 80.1 Å². The number of carbonyl (C=O) groups is 2. The number of ether oxygens (including phenoxy) is 1. The van der Waals surface area contributed by atoms with Crippen molar-refractivity contribution in [3.63, 3.8) is 0 Å². The van der Waals surface area contributed by atoms with Crippen LogP contribution in [0.1, 0.15) is 49.2 Å². The van der Waals surface area contributed by atoms with Gasteiger partial charge in [0.05, 0.1) is 40.4 Å². The Morgan fingerprint density at radius 3 is 2.54 bits per heavy atom. The van der Waals surface area contributed by atoms with Gasteiger partial charge in [0, 0.05) is 23.0 Å². The van der Waals surface area contributed by atoms with Crippen LogP contribution in [0.15, 0.2) is 36.7 Å². The van der Waals surface area contributed by atoms with E-state index in [4.69, 9.17) is 23.2 Å². The number of rotatable bonds is 7. The summed E-state index contributed by atoms with van der Waals surface area (Å²) in [6, 6.07) is 5.06. The zero-order valence-electron chi connectivity index (χ0n) is 20.7. The number of alkyl halides is 4. The normalized spacial score (nSPS) is 12.7. The summed E-state index contributed by atoms with van der Waals surface area (Å²) in [6.07, 6.45) is -0.548. The molecule has 1 aliphatic heterocycles. The molecule has 0 saturated heterocycles. The second kappa shape index (κ2) is 11.5. The van der Waals surface area contributed by atoms with E-state index in [-0.39, 0.29) is 56.5 Å². The van der Waals surface area contributed by atoms with Gasteiger partial charge in [0.15, 0.2) is 10.9 Å². The van der Waals surface area contributed by atoms with E-state index in [9.17, 15) is 27.2 Å². The van der Waals surface area contributed by atoms with E-state index in [0.717, 1.165) is 23.6 Å². The van der Waals surface area contributed by atoms with Crippen LogP contribution in [-0.4, -0.2) is 43.3 Å². The summed E-state index contributed by atoms with van der Waals surface area (Å²) < 4.78 is 56.7. The third-order valence-corrected chi connectivity index (χ3v) is 7.39. The van der Waals surface area contributed by atoms with E-state index in [1.807, 2.05) is 0 Å². The molecule has 4 aromatic rings. The summed E-state index contributed by atoms with van der Waals surface area (Å²) in [5, 5.41) is 2.82. The van der Waals surface area contributed by atoms with Crippen LogP contribution in [-0.2, 0) is 13.1 Å². The second-order valence-electron chi connectivity index (χ2n) is 8.62. The number of amides is 2. The maximum absolute atomic E-state index is 13.3. The molecule has 0 bridgehead atoms. The first kappa shape index (κ1) is 28.6. The van der Waals surface area contributed by atoms with E-state index in [0.29, 0.717) is 16.3 Å². The second-order valence-corrected chi connectivity index (χ2v) is 10.5. The third-order valence-electron chi connectivity index (χ3n) is 5.88. The third kappa shape index (κ3) is 6.09. The predicted molar refractivity (Wildman–Crippen MR) is 142 cm³/mol. The van der Waals surface area contributed by atoms with E-state index in [1.54, 1.807) is 6.92 Å². The van der Waals surface area contributed by atoms with Gasteiger partial charge in [-0.2, -0.15) is 8.78 Å². The summed E-state index contributed by atoms with van der Waals surface area (Å²) in [6.45, 7) is -1.34. The van der Waals surface area contributed by atoms with Gasteiger partial charge >= 0.3 is 6.61 Å². The van der Waals surface area contributed by atoms with Crippen LogP contribution in [0.25, 0.3) is 11.1 Å². The first-order chi connectivity index (χ1) is 19.5. The molecule has 5 rings (SSSR count). The van der Waals surface area contributed by atoms with Crippen LogP contribution in [0.2, 0.25) is 10.2 Å². The lowest BCUT2D eigenvalue weighted by atomic mass is 10.0. The Morgan fingerprint density at radius 2 is 1.83 bits per heavy atom. The van der Waals surface area contributed by atoms with Gasteiger partial charge in [-0.1, -0.05) is 34.5 Å². The number of pyridine rings is 3. The average Bonchev–Trinajstić information content (AvgIpc) is 3.48. The van der Waals surface area contributed by atoms with Crippen LogP contribution in [0.4, 0.5) is 22.7 Å². The standard InChI is InChI=1S/C25H16Cl2F4N6O3S/c1-10-4-11(12-5-19(27)33-7-17(12)40-24(30)31)13(6-32-10)22(38)36-25-35-16-8-37(9-18(16)41-25)23(39)20-14(26)2-3-15(34-20)21(28)29/h2-7,21,24H,8-9H2,1H3,(H,35,36,38). The fourth-order valence-corrected chi connectivity index (χ4v) is 5.39. The molecule has 41 heavy (non-hydrogen) atoms. The van der Waals surface area contributed by atoms with Crippen molar-refractivity contribution in [2.75, 3.05) is 5.32 Å². The average molecular weight is 627 g/mol. The lowest BCUT2D eigenvalue weighted by Crippen LogP contribution is -2.27. The molecular formula is C25H16Cl2F4N6O3S. The maximum atomic E-state index is 13.3. The highest BCUT2D eigenvalue weighted by atomic mass is 35.5. The number of nitrogens with one attached hydrogen (secondary N) is 1. The van der Waals surface area contributed by atoms with Gasteiger partial charge in [0.1, 0.15) is 16.5 Å². The summed E-state index contributed by atoms with van der Waals surface area (Å²) in [7, 11) is 0. The van der Waals surface area contributed by atoms with E-state index in [2.05, 4.69) is 30.0 Å². The number of fused-ring (bicyclic) bond motifs is 1. The van der Waals surface area contributed by atoms with Crippen molar-refractivity contribution >= 4 is 51.5 Å². The van der Waals surface area contributed by atoms with Gasteiger partial charge in [-0.05, 0) is 31.2 Å². The highest BCUT2D eigenvalue weighted by molar-refractivity contribution is 7.16. The predicted octanol–water partition coefficient (Wildman–Crippen LogP) is 6.56. The number of hydrogen-bond acceptors (Lipinski definition) is 8. The number of halogens is 6. The lowest BCUT2D eigenvalue weighted by molar-refractivity contribution is -0.0496. The zero-order valence-corrected chi connectivity index (χ0v) is 23.0. The molecule has 0 fully saturated rings. The van der Waals surface area contributed by atoms with E-state index < -0.39 is 30.5 Å². The van der Waals surface area contributed by atoms with Crippen LogP contribution in [0, 0.1) is 6.92 Å². The molecule has 0 spiro atoms. The minimum Gasteiger partial charge on any atom is -0.433 e. The summed E-state index contributed by atoms with van der Waals surface area (Å²) in [5.41, 5.74) is 0.505. The number of aromatic nitrogens is 4. The van der Waals surface area contributed by atoms with Gasteiger partial charge in [-0.25, -0.2) is 23.7 Å². The Labute approximate surface area is 243 Å². The van der Waals surface area contributed by atoms with Crippen molar-refractivity contribution < 1.29 is 31.9 Å². The van der Waals surface area contributed by atoms with Crippen LogP contribution in [0.3, 0.4) is 0 Å². The van der Waals surface area contributed by atoms with E-state index in [1.165, 1.54) is 29.3 Å². The SMILES string of the molecule is Cc1cc(-c2cc(Cl)ncc2OC(F)F)c(C(=O)Nc2nc3c(s2)CN(C(=O)c2nc(C(F)F)ccc2Cl)C3)cn1. The number of hydrogen-bond donors (Lipinski definition) is 1. The minimum absolute atomic E-state index is 0.00434. The zero-order chi connectivity index (χ0) is 29.4. The molecular weight excluding hydrogens is 611 g/mol. The first-order valence-corrected chi connectivity index (χ1v) is 13.2. The first-order valence-electron chi connectivity index (χ1n) is 11.6. The largest absolute Gasteiger partial charge is 0.433 e. The van der Waals surface area contributed by atoms with Crippen molar-refractivity contribution in [1.82, 2.24) is 24.8 Å². The Bertz CT molecular complexity index is 1650. The van der Waals surface area contributed by atoms with Crippen molar-refractivity contribution in [1.29, 1.82) is 0 Å². The number of carbonyl (C=O) groups excluding carboxylic acids is 2. The molecule has 0 atom stereocenters. The molecule has 4 aromatic heterocycles. The summed E-state index contributed by atoms with van der Waals surface area (Å²) in [5.74, 6) is -1.55. The van der Waals surface area contributed by atoms with Crippen LogP contribution < -0.4 is 10.1 Å². The number of anilines is 1. The molecule has 2 amide bonds. The van der Waals surface area contributed by atoms with Gasteiger partial charge in [0.25, 0.3) is 18.2 Å². The molecule has 0 aromatic carbocycles. The van der Waals surface area contributed by atoms with Gasteiger partial charge in [-0.3, -0.25) is 19.9 Å². The minimum atomic E-state index is -3.14. The number of nitrogens with zero attached hydrogens (tertiary/aromatic N) is 5. The van der Waals surface area contributed by atoms with Gasteiger partial charge in [0.2, 0.25) is 0 Å². The monoisotopic (exact) mass is 626 g/mol. The van der Waals surface area contributed by atoms with Crippen molar-refractivity contribution in [2.45, 2.75) is 33.1 Å². The fraction of sp³-hybridized carbons (Fsp3) is 0.200. The smallest absolute Gasteiger partial charge is 0.387 e. The van der Waals surface area contributed by atoms with Crippen LogP contribution in [0.5, 0.6) is 5.75 Å². The molecule has 212 valence electrons. The molecule has 16 heteroatoms. The molecule has 5 heterocycles. The molecule has 0 saturated carbocycles. The molecule has 0 radical (unpaired) electrons. The molecule has 0 aliphatic carbocycles. The quantitative estimate of drug-likeness (QED) is 0.183. The van der Waals surface area contributed by atoms with Crippen LogP contribution >= 0.6 is 34.5 Å². The topological polar surface area (TPSA) is 110 Å². The highest BCUT2D eigenvalue weighted by Gasteiger charge is 2.31. The Balaban J connectivity index is 1.36. The maximum Gasteiger partial charge on any atom is 0.387 e. The lowest BCUT2D eigenvalue weighted by Gasteiger charge is -2.16. The van der Waals surface area contributed by atoms with Gasteiger partial charge < -0.3 is 9.64 Å². The molecule has 1 N–H and O–H groups in total. The highest BCUT2D eigenvalue weighted by Crippen LogP contribution is 2.36. The molecule has 1 aliphatic rings. The van der Waals surface area contributed by atoms with E-state index >= 15 is 0 Å². The fourth-order valence-electron chi connectivity index (χ4n) is 4.06. The van der Waals surface area contributed by atoms with Gasteiger partial charge in [-0.15, -0.1) is 0 Å². The van der Waals surface area contributed by atoms with Crippen molar-refractivity contribution in [2.24, 2.45) is 0 Å². The number of aryl methyl sites for hydroxylation is 1. The Hall–Kier alpha value is -3.88. The summed E-state index contributed by atoms with van der Waals surface area (Å²) >= 11 is 13.1. The Kier molecular flexibility index (Phi) is 8.07. The number of thiazole rings is 1.